The Hall–Kier alpha value is -3.46. The Morgan fingerprint density at radius 2 is 1.71 bits per heavy atom. The maximum atomic E-state index is 12.1. The monoisotopic (exact) mass is 533 g/mol. The van der Waals surface area contributed by atoms with E-state index in [4.69, 9.17) is 49.0 Å². The first-order valence-electron chi connectivity index (χ1n) is 10.2. The van der Waals surface area contributed by atoms with E-state index in [-0.39, 0.29) is 19.9 Å². The average Bonchev–Trinajstić information content (AvgIpc) is 3.32. The Balaban J connectivity index is 1.32. The van der Waals surface area contributed by atoms with Gasteiger partial charge in [0.25, 0.3) is 0 Å². The van der Waals surface area contributed by atoms with Gasteiger partial charge in [-0.25, -0.2) is 5.43 Å². The number of amides is 2. The van der Waals surface area contributed by atoms with Gasteiger partial charge in [-0.1, -0.05) is 46.9 Å². The summed E-state index contributed by atoms with van der Waals surface area (Å²) in [4.78, 5) is 24.2. The summed E-state index contributed by atoms with van der Waals surface area (Å²) in [6.45, 7) is 0.502. The second-order valence-electron chi connectivity index (χ2n) is 7.29. The minimum atomic E-state index is -0.928. The summed E-state index contributed by atoms with van der Waals surface area (Å²) in [5, 5.41) is 7.68. The van der Waals surface area contributed by atoms with E-state index in [2.05, 4.69) is 15.8 Å². The van der Waals surface area contributed by atoms with Crippen LogP contribution in [-0.4, -0.2) is 24.8 Å². The number of hydrazone groups is 1. The fourth-order valence-electron chi connectivity index (χ4n) is 3.07. The van der Waals surface area contributed by atoms with Crippen molar-refractivity contribution < 1.29 is 23.8 Å². The molecule has 0 aromatic heterocycles. The van der Waals surface area contributed by atoms with Crippen LogP contribution in [0.4, 0.5) is 0 Å². The molecular formula is C24H18Cl3N3O5. The Kier molecular flexibility index (Phi) is 7.97. The lowest BCUT2D eigenvalue weighted by Gasteiger charge is -2.10. The second kappa shape index (κ2) is 11.3. The van der Waals surface area contributed by atoms with Gasteiger partial charge in [0.1, 0.15) is 12.4 Å². The van der Waals surface area contributed by atoms with Crippen LogP contribution in [0.3, 0.4) is 0 Å². The fourth-order valence-corrected chi connectivity index (χ4v) is 3.57. The second-order valence-corrected chi connectivity index (χ2v) is 8.54. The molecular weight excluding hydrogens is 517 g/mol. The molecule has 0 aliphatic carbocycles. The molecule has 0 fully saturated rings. The topological polar surface area (TPSA) is 98.2 Å². The molecule has 180 valence electrons. The van der Waals surface area contributed by atoms with Gasteiger partial charge in [-0.3, -0.25) is 9.59 Å². The van der Waals surface area contributed by atoms with Gasteiger partial charge in [-0.2, -0.15) is 5.10 Å². The quantitative estimate of drug-likeness (QED) is 0.260. The molecule has 8 nitrogen and oxygen atoms in total. The van der Waals surface area contributed by atoms with Crippen molar-refractivity contribution in [2.75, 3.05) is 6.79 Å². The van der Waals surface area contributed by atoms with Crippen molar-refractivity contribution in [2.45, 2.75) is 13.2 Å². The molecule has 0 atom stereocenters. The van der Waals surface area contributed by atoms with E-state index < -0.39 is 11.8 Å². The molecule has 1 heterocycles. The van der Waals surface area contributed by atoms with Crippen LogP contribution in [0.5, 0.6) is 17.2 Å². The molecule has 3 aromatic rings. The van der Waals surface area contributed by atoms with E-state index in [9.17, 15) is 9.59 Å². The number of benzene rings is 3. The standard InChI is InChI=1S/C24H18Cl3N3O5/c25-17-3-6-20(33-12-15-1-4-18(26)19(27)7-15)16(9-17)11-29-30-24(32)23(31)28-10-14-2-5-21-22(8-14)35-13-34-21/h1-9,11H,10,12-13H2,(H,28,31)(H,30,32)/b29-11-. The number of hydrogen-bond donors (Lipinski definition) is 2. The number of carbonyl (C=O) groups excluding carboxylic acids is 2. The molecule has 1 aliphatic rings. The number of hydrogen-bond acceptors (Lipinski definition) is 6. The van der Waals surface area contributed by atoms with Crippen LogP contribution in [0.25, 0.3) is 0 Å². The highest BCUT2D eigenvalue weighted by Crippen LogP contribution is 2.32. The van der Waals surface area contributed by atoms with Gasteiger partial charge in [0.2, 0.25) is 6.79 Å². The molecule has 0 unspecified atom stereocenters. The summed E-state index contributed by atoms with van der Waals surface area (Å²) in [6.07, 6.45) is 1.33. The zero-order valence-electron chi connectivity index (χ0n) is 18.0. The lowest BCUT2D eigenvalue weighted by Crippen LogP contribution is -2.37. The van der Waals surface area contributed by atoms with E-state index in [1.54, 1.807) is 54.6 Å². The van der Waals surface area contributed by atoms with Crippen LogP contribution in [0.2, 0.25) is 15.1 Å². The number of carbonyl (C=O) groups is 2. The van der Waals surface area contributed by atoms with Gasteiger partial charge < -0.3 is 19.5 Å². The largest absolute Gasteiger partial charge is 0.488 e. The van der Waals surface area contributed by atoms with E-state index >= 15 is 0 Å². The zero-order valence-corrected chi connectivity index (χ0v) is 20.3. The molecule has 0 spiro atoms. The van der Waals surface area contributed by atoms with Gasteiger partial charge in [0.05, 0.1) is 16.3 Å². The molecule has 2 N–H and O–H groups in total. The number of ether oxygens (including phenoxy) is 3. The van der Waals surface area contributed by atoms with E-state index in [0.717, 1.165) is 11.1 Å². The lowest BCUT2D eigenvalue weighted by atomic mass is 10.2. The molecule has 35 heavy (non-hydrogen) atoms. The number of halogens is 3. The third kappa shape index (κ3) is 6.57. The van der Waals surface area contributed by atoms with Crippen LogP contribution in [0.1, 0.15) is 16.7 Å². The van der Waals surface area contributed by atoms with Crippen molar-refractivity contribution in [3.8, 4) is 17.2 Å². The Morgan fingerprint density at radius 1 is 0.914 bits per heavy atom. The van der Waals surface area contributed by atoms with Crippen molar-refractivity contribution >= 4 is 52.8 Å². The summed E-state index contributed by atoms with van der Waals surface area (Å²) in [5.41, 5.74) is 4.25. The van der Waals surface area contributed by atoms with Crippen molar-refractivity contribution in [1.29, 1.82) is 0 Å². The van der Waals surface area contributed by atoms with Crippen LogP contribution in [0.15, 0.2) is 59.7 Å². The summed E-state index contributed by atoms with van der Waals surface area (Å²) in [7, 11) is 0. The molecule has 0 saturated carbocycles. The molecule has 3 aromatic carbocycles. The minimum absolute atomic E-state index is 0.133. The van der Waals surface area contributed by atoms with Gasteiger partial charge in [-0.05, 0) is 53.6 Å². The third-order valence-corrected chi connectivity index (χ3v) is 5.79. The number of rotatable bonds is 7. The Labute approximate surface area is 215 Å². The molecule has 1 aliphatic heterocycles. The van der Waals surface area contributed by atoms with Crippen molar-refractivity contribution in [3.05, 3.63) is 86.4 Å². The van der Waals surface area contributed by atoms with E-state index in [0.29, 0.717) is 37.9 Å². The summed E-state index contributed by atoms with van der Waals surface area (Å²) < 4.78 is 16.4. The summed E-state index contributed by atoms with van der Waals surface area (Å²) >= 11 is 18.1. The smallest absolute Gasteiger partial charge is 0.329 e. The minimum Gasteiger partial charge on any atom is -0.488 e. The van der Waals surface area contributed by atoms with E-state index in [1.165, 1.54) is 6.21 Å². The SMILES string of the molecule is O=C(NCc1ccc2c(c1)OCO2)C(=O)N/N=C\c1cc(Cl)ccc1OCc1ccc(Cl)c(Cl)c1. The lowest BCUT2D eigenvalue weighted by molar-refractivity contribution is -0.139. The molecule has 0 radical (unpaired) electrons. The van der Waals surface area contributed by atoms with Gasteiger partial charge in [0.15, 0.2) is 11.5 Å². The van der Waals surface area contributed by atoms with Crippen LogP contribution < -0.4 is 25.0 Å². The molecule has 4 rings (SSSR count). The highest BCUT2D eigenvalue weighted by atomic mass is 35.5. The molecule has 2 amide bonds. The fraction of sp³-hybridized carbons (Fsp3) is 0.125. The number of fused-ring (bicyclic) bond motifs is 1. The molecule has 0 bridgehead atoms. The first-order chi connectivity index (χ1) is 16.9. The highest BCUT2D eigenvalue weighted by molar-refractivity contribution is 6.42. The van der Waals surface area contributed by atoms with Crippen molar-refractivity contribution in [2.24, 2.45) is 5.10 Å². The van der Waals surface area contributed by atoms with Crippen molar-refractivity contribution in [1.82, 2.24) is 10.7 Å². The Morgan fingerprint density at radius 3 is 2.54 bits per heavy atom. The van der Waals surface area contributed by atoms with Gasteiger partial charge in [0, 0.05) is 17.1 Å². The normalized spacial score (nSPS) is 12.0. The van der Waals surface area contributed by atoms with E-state index in [1.807, 2.05) is 0 Å². The molecule has 0 saturated heterocycles. The summed E-state index contributed by atoms with van der Waals surface area (Å²) in [5.74, 6) is -0.0898. The van der Waals surface area contributed by atoms with Gasteiger partial charge in [-0.15, -0.1) is 0 Å². The summed E-state index contributed by atoms with van der Waals surface area (Å²) in [6, 6.07) is 15.4. The predicted molar refractivity (Wildman–Crippen MR) is 132 cm³/mol. The maximum Gasteiger partial charge on any atom is 0.329 e. The highest BCUT2D eigenvalue weighted by Gasteiger charge is 2.15. The van der Waals surface area contributed by atoms with Crippen LogP contribution in [-0.2, 0) is 22.7 Å². The first-order valence-corrected chi connectivity index (χ1v) is 11.4. The van der Waals surface area contributed by atoms with Crippen molar-refractivity contribution in [3.63, 3.8) is 0 Å². The average molecular weight is 535 g/mol. The zero-order chi connectivity index (χ0) is 24.8. The van der Waals surface area contributed by atoms with Crippen LogP contribution in [0, 0.1) is 0 Å². The first kappa shape index (κ1) is 24.7. The molecule has 11 heteroatoms. The number of nitrogens with zero attached hydrogens (tertiary/aromatic N) is 1. The third-order valence-electron chi connectivity index (χ3n) is 4.82. The Bertz CT molecular complexity index is 1300. The van der Waals surface area contributed by atoms with Gasteiger partial charge >= 0.3 is 11.8 Å². The van der Waals surface area contributed by atoms with Crippen LogP contribution >= 0.6 is 34.8 Å². The maximum absolute atomic E-state index is 12.1. The number of nitrogens with one attached hydrogen (secondary N) is 2. The predicted octanol–water partition coefficient (Wildman–Crippen LogP) is 4.72.